The van der Waals surface area contributed by atoms with Crippen molar-refractivity contribution in [2.45, 2.75) is 155 Å². The van der Waals surface area contributed by atoms with Gasteiger partial charge in [-0.15, -0.1) is 5.10 Å². The van der Waals surface area contributed by atoms with Crippen LogP contribution in [0.25, 0.3) is 0 Å². The minimum absolute atomic E-state index is 0.0885. The highest BCUT2D eigenvalue weighted by atomic mass is 16.4. The van der Waals surface area contributed by atoms with E-state index in [2.05, 4.69) is 31.6 Å². The Morgan fingerprint density at radius 2 is 1.31 bits per heavy atom. The van der Waals surface area contributed by atoms with E-state index >= 15 is 0 Å². The van der Waals surface area contributed by atoms with E-state index < -0.39 is 48.2 Å². The third kappa shape index (κ3) is 21.2. The van der Waals surface area contributed by atoms with Gasteiger partial charge in [0.1, 0.15) is 18.1 Å². The predicted molar refractivity (Wildman–Crippen MR) is 190 cm³/mol. The fraction of sp³-hybridized carbons (Fsp3) is 0.743. The molecule has 5 atom stereocenters. The second kappa shape index (κ2) is 25.7. The van der Waals surface area contributed by atoms with E-state index in [1.807, 2.05) is 0 Å². The molecule has 0 aliphatic rings. The second-order valence-electron chi connectivity index (χ2n) is 13.5. The van der Waals surface area contributed by atoms with Gasteiger partial charge in [0.15, 0.2) is 11.6 Å². The van der Waals surface area contributed by atoms with E-state index in [1.54, 1.807) is 17.8 Å². The van der Waals surface area contributed by atoms with Gasteiger partial charge in [0.25, 0.3) is 0 Å². The molecule has 52 heavy (non-hydrogen) atoms. The molecule has 17 heteroatoms. The highest BCUT2D eigenvalue weighted by molar-refractivity contribution is 5.90. The number of ketones is 3. The van der Waals surface area contributed by atoms with Gasteiger partial charge in [-0.05, 0) is 91.5 Å². The van der Waals surface area contributed by atoms with Crippen LogP contribution in [0.2, 0.25) is 0 Å². The Morgan fingerprint density at radius 3 is 1.92 bits per heavy atom. The topological polar surface area (TPSA) is 259 Å². The number of aryl methyl sites for hydroxylation is 1. The number of aliphatic hydroxyl groups is 1. The van der Waals surface area contributed by atoms with Crippen molar-refractivity contribution < 1.29 is 48.9 Å². The molecule has 0 aliphatic carbocycles. The average molecular weight is 738 g/mol. The summed E-state index contributed by atoms with van der Waals surface area (Å²) in [6.07, 6.45) is 8.27. The van der Waals surface area contributed by atoms with Crippen molar-refractivity contribution in [2.24, 2.45) is 5.92 Å². The predicted octanol–water partition coefficient (Wildman–Crippen LogP) is 2.28. The number of carboxylic acid groups (broad SMARTS) is 2. The minimum Gasteiger partial charge on any atom is -0.481 e. The van der Waals surface area contributed by atoms with Gasteiger partial charge in [-0.25, -0.2) is 9.59 Å². The molecule has 0 saturated carbocycles. The molecule has 0 bridgehead atoms. The molecule has 1 rings (SSSR count). The van der Waals surface area contributed by atoms with E-state index in [0.717, 1.165) is 19.3 Å². The maximum Gasteiger partial charge on any atom is 0.326 e. The first kappa shape index (κ1) is 45.8. The van der Waals surface area contributed by atoms with Crippen LogP contribution in [0.15, 0.2) is 6.20 Å². The van der Waals surface area contributed by atoms with Gasteiger partial charge in [-0.1, -0.05) is 25.0 Å². The number of hydrogen-bond acceptors (Lipinski definition) is 11. The first-order valence-electron chi connectivity index (χ1n) is 18.2. The van der Waals surface area contributed by atoms with Crippen molar-refractivity contribution in [1.82, 2.24) is 36.3 Å². The van der Waals surface area contributed by atoms with Gasteiger partial charge in [0.05, 0.1) is 23.7 Å². The second-order valence-corrected chi connectivity index (χ2v) is 13.5. The molecule has 5 unspecified atom stereocenters. The van der Waals surface area contributed by atoms with E-state index in [-0.39, 0.29) is 55.4 Å². The number of Topliss-reactive ketones (excluding diaryl/α,β-unsaturated/α-hetero) is 3. The average Bonchev–Trinajstić information content (AvgIpc) is 3.51. The van der Waals surface area contributed by atoms with Crippen molar-refractivity contribution in [3.63, 3.8) is 0 Å². The number of rotatable bonds is 30. The molecule has 0 radical (unpaired) electrons. The van der Waals surface area contributed by atoms with Crippen LogP contribution in [-0.2, 0) is 41.7 Å². The molecule has 17 nitrogen and oxygen atoms in total. The molecule has 0 fully saturated rings. The van der Waals surface area contributed by atoms with Gasteiger partial charge < -0.3 is 36.1 Å². The van der Waals surface area contributed by atoms with Gasteiger partial charge in [-0.3, -0.25) is 29.2 Å². The largest absolute Gasteiger partial charge is 0.481 e. The van der Waals surface area contributed by atoms with Crippen LogP contribution in [0.1, 0.15) is 123 Å². The molecule has 0 aliphatic heterocycles. The monoisotopic (exact) mass is 737 g/mol. The maximum atomic E-state index is 12.4. The van der Waals surface area contributed by atoms with Crippen LogP contribution in [-0.4, -0.2) is 102 Å². The maximum absolute atomic E-state index is 12.4. The molecule has 0 saturated heterocycles. The smallest absolute Gasteiger partial charge is 0.326 e. The highest BCUT2D eigenvalue weighted by Crippen LogP contribution is 2.10. The first-order valence-corrected chi connectivity index (χ1v) is 18.2. The summed E-state index contributed by atoms with van der Waals surface area (Å²) in [6.45, 7) is 6.72. The lowest BCUT2D eigenvalue weighted by Crippen LogP contribution is -2.50. The van der Waals surface area contributed by atoms with Crippen LogP contribution in [0.5, 0.6) is 0 Å². The van der Waals surface area contributed by atoms with Gasteiger partial charge >= 0.3 is 18.0 Å². The standard InChI is InChI=1S/C35H59N7O10/c1-23(33(48)49)21-27-22-42(41-40-27)20-12-10-14-30(34(50)51)37-32(47)16-8-6-5-7-15-31(46)36-19-11-9-13-28(25(3)44)38-35(52)39-29(26(4)45)18-17-24(2)43/h22-23,28-31,36,46H,5-21H2,1-4H3,(H,37,47)(H,48,49)(H,50,51)(H2,38,39,52). The zero-order valence-corrected chi connectivity index (χ0v) is 31.0. The molecule has 7 N–H and O–H groups in total. The SMILES string of the molecule is CC(=O)CCC(NC(=O)NC(CCCCNC(O)CCCCCCC(=O)NC(CCCCn1cc(CC(C)C(=O)O)nn1)C(=O)O)C(C)=O)C(C)=O. The third-order valence-corrected chi connectivity index (χ3v) is 8.59. The number of urea groups is 1. The fourth-order valence-electron chi connectivity index (χ4n) is 5.37. The number of carbonyl (C=O) groups is 7. The van der Waals surface area contributed by atoms with Crippen molar-refractivity contribution in [2.75, 3.05) is 6.54 Å². The fourth-order valence-corrected chi connectivity index (χ4v) is 5.37. The number of carboxylic acids is 2. The Morgan fingerprint density at radius 1 is 0.712 bits per heavy atom. The van der Waals surface area contributed by atoms with Crippen molar-refractivity contribution in [3.05, 3.63) is 11.9 Å². The van der Waals surface area contributed by atoms with Crippen molar-refractivity contribution >= 4 is 41.2 Å². The van der Waals surface area contributed by atoms with Crippen LogP contribution in [0, 0.1) is 5.92 Å². The molecule has 1 aromatic rings. The molecule has 1 heterocycles. The van der Waals surface area contributed by atoms with Gasteiger partial charge in [0, 0.05) is 32.0 Å². The lowest BCUT2D eigenvalue weighted by Gasteiger charge is -2.20. The number of hydrogen-bond donors (Lipinski definition) is 7. The summed E-state index contributed by atoms with van der Waals surface area (Å²) < 4.78 is 1.60. The first-order chi connectivity index (χ1) is 24.6. The van der Waals surface area contributed by atoms with E-state index in [9.17, 15) is 43.8 Å². The number of aliphatic hydroxyl groups excluding tert-OH is 1. The summed E-state index contributed by atoms with van der Waals surface area (Å²) in [7, 11) is 0. The molecule has 1 aromatic heterocycles. The molecule has 0 spiro atoms. The zero-order chi connectivity index (χ0) is 39.1. The number of amides is 3. The third-order valence-electron chi connectivity index (χ3n) is 8.59. The number of nitrogens with one attached hydrogen (secondary N) is 4. The van der Waals surface area contributed by atoms with E-state index in [4.69, 9.17) is 5.11 Å². The van der Waals surface area contributed by atoms with Crippen molar-refractivity contribution in [3.8, 4) is 0 Å². The highest BCUT2D eigenvalue weighted by Gasteiger charge is 2.22. The summed E-state index contributed by atoms with van der Waals surface area (Å²) in [4.78, 5) is 82.5. The number of nitrogens with zero attached hydrogens (tertiary/aromatic N) is 3. The normalized spacial score (nSPS) is 14.0. The van der Waals surface area contributed by atoms with Gasteiger partial charge in [-0.2, -0.15) is 0 Å². The lowest BCUT2D eigenvalue weighted by atomic mass is 10.1. The number of aliphatic carboxylic acids is 2. The summed E-state index contributed by atoms with van der Waals surface area (Å²) in [6, 6.07) is -3.16. The molecular formula is C35H59N7O10. The lowest BCUT2D eigenvalue weighted by molar-refractivity contribution is -0.142. The Balaban J connectivity index is 2.19. The van der Waals surface area contributed by atoms with Crippen LogP contribution >= 0.6 is 0 Å². The Hall–Kier alpha value is -4.25. The molecule has 0 aromatic carbocycles. The summed E-state index contributed by atoms with van der Waals surface area (Å²) in [5.74, 6) is -3.48. The van der Waals surface area contributed by atoms with E-state index in [0.29, 0.717) is 63.7 Å². The zero-order valence-electron chi connectivity index (χ0n) is 31.0. The van der Waals surface area contributed by atoms with E-state index in [1.165, 1.54) is 20.8 Å². The summed E-state index contributed by atoms with van der Waals surface area (Å²) in [5, 5.41) is 47.5. The minimum atomic E-state index is -1.10. The number of aromatic nitrogens is 3. The number of unbranched alkanes of at least 4 members (excludes halogenated alkanes) is 5. The molecule has 3 amide bonds. The Bertz CT molecular complexity index is 1300. The van der Waals surface area contributed by atoms with Crippen LogP contribution in [0.3, 0.4) is 0 Å². The Kier molecular flexibility index (Phi) is 22.6. The van der Waals surface area contributed by atoms with Crippen LogP contribution in [0.4, 0.5) is 4.79 Å². The summed E-state index contributed by atoms with van der Waals surface area (Å²) in [5.41, 5.74) is 0.577. The molecule has 294 valence electrons. The summed E-state index contributed by atoms with van der Waals surface area (Å²) >= 11 is 0. The number of carbonyl (C=O) groups excluding carboxylic acids is 5. The molecular weight excluding hydrogens is 678 g/mol. The van der Waals surface area contributed by atoms with Crippen molar-refractivity contribution in [1.29, 1.82) is 0 Å². The van der Waals surface area contributed by atoms with Gasteiger partial charge in [0.2, 0.25) is 5.91 Å². The van der Waals surface area contributed by atoms with Crippen LogP contribution < -0.4 is 21.3 Å². The quantitative estimate of drug-likeness (QED) is 0.0442. The Labute approximate surface area is 305 Å².